The zero-order valence-electron chi connectivity index (χ0n) is 66.9. The van der Waals surface area contributed by atoms with Crippen LogP contribution in [0.3, 0.4) is 0 Å². The number of nitrogens with zero attached hydrogens (tertiary/aromatic N) is 18. The second kappa shape index (κ2) is 36.3. The van der Waals surface area contributed by atoms with Crippen molar-refractivity contribution in [3.8, 4) is 0 Å². The number of fused-ring (bicyclic) bond motifs is 15. The van der Waals surface area contributed by atoms with Crippen LogP contribution in [0.15, 0.2) is 89.1 Å². The van der Waals surface area contributed by atoms with E-state index in [2.05, 4.69) is 87.0 Å². The van der Waals surface area contributed by atoms with Crippen LogP contribution in [0.25, 0.3) is 67.0 Å². The van der Waals surface area contributed by atoms with E-state index in [0.717, 1.165) is 0 Å². The summed E-state index contributed by atoms with van der Waals surface area (Å²) in [4.78, 5) is 149. The number of halogens is 1. The molecule has 9 saturated heterocycles. The number of alkyl halides is 1. The number of imidazole rings is 6. The minimum absolute atomic E-state index is 0.0130. The van der Waals surface area contributed by atoms with E-state index in [1.807, 2.05) is 0 Å². The predicted octanol–water partition coefficient (Wildman–Crippen LogP) is -0.654. The Morgan fingerprint density at radius 1 is 0.361 bits per heavy atom. The number of nitrogens with two attached hydrogens (primary N) is 6. The molecule has 12 aromatic rings. The molecule has 714 valence electrons. The van der Waals surface area contributed by atoms with E-state index < -0.39 is 219 Å². The van der Waals surface area contributed by atoms with Gasteiger partial charge in [-0.15, -0.1) is 0 Å². The number of aromatic amines is 3. The first-order chi connectivity index (χ1) is 63.1. The van der Waals surface area contributed by atoms with Gasteiger partial charge < -0.3 is 134 Å². The molecule has 12 aromatic heterocycles. The Bertz CT molecular complexity index is 6780. The number of thiol groups is 1. The number of ether oxygens (including phenoxy) is 6. The number of nitrogens with one attached hydrogen (secondary N) is 3. The molecular weight excluding hydrogens is 2010 g/mol. The third kappa shape index (κ3) is 18.9. The van der Waals surface area contributed by atoms with Crippen molar-refractivity contribution in [1.29, 1.82) is 0 Å². The number of hydrogen-bond acceptors (Lipinski definition) is 48. The summed E-state index contributed by atoms with van der Waals surface area (Å²) in [7, 11) is 0. The van der Waals surface area contributed by atoms with Crippen LogP contribution in [-0.4, -0.2) is 279 Å². The van der Waals surface area contributed by atoms with E-state index in [1.54, 1.807) is 21.3 Å². The van der Waals surface area contributed by atoms with Crippen LogP contribution < -0.4 is 51.1 Å². The predicted molar refractivity (Wildman–Crippen MR) is 473 cm³/mol. The minimum Gasteiger partial charge on any atom is -0.397 e. The van der Waals surface area contributed by atoms with Crippen LogP contribution >= 0.6 is 52.6 Å². The fourth-order valence-electron chi connectivity index (χ4n) is 16.0. The van der Waals surface area contributed by atoms with Gasteiger partial charge in [-0.2, -0.15) is 15.0 Å². The van der Waals surface area contributed by atoms with Crippen molar-refractivity contribution < 1.29 is 131 Å². The molecule has 9 fully saturated rings. The number of aliphatic hydroxyl groups is 3. The molecule has 28 atom stereocenters. The minimum atomic E-state index is -4.39. The summed E-state index contributed by atoms with van der Waals surface area (Å²) < 4.78 is 142. The van der Waals surface area contributed by atoms with Gasteiger partial charge in [0.1, 0.15) is 108 Å². The summed E-state index contributed by atoms with van der Waals surface area (Å²) in [6, 6.07) is 4.76. The Labute approximate surface area is 770 Å². The molecule has 0 spiro atoms. The van der Waals surface area contributed by atoms with Gasteiger partial charge in [0.25, 0.3) is 16.7 Å². The standard InChI is InChI=1S/C21H24FN9O10P2S2.2C21H25N9O10P2S2/c22-10-14-9(39-19(10)30-5-26-11-7(23)1-2-25-16(11)30)4-37-43(35,45)41-15-13(32)8(3-36-42(34,44)40-14)38-20(15)31-6-27-12-17(31)28-21(24)29-18(12)33;2*22-8-1-2-24-17-13(8)25-6-29(17)12-3-9-10(37-12)4-35-42(34,44)40-16-15(31)11(5-36-41(33,43)39-9)38-20(16)30-7-26-14-18(30)27-21(23)28-19(14)32/h1-2,5-6,8-10,13-15,19-20,32H,3-4H2,(H2,23,25)(H,34,44)(H,35,45)(H3,24,28,29,33);2*1-2,6-7,9-12,15-16,20,31H,3-5H2,(H2,22,24)(H,33,43)(H,34,44)(H3,23,27,28,32)/t8-,9-,10+,13?,14?,15+,19-,20-,42?,43?;2*9?,10-,11-,12-,15?,16+,20-,41?,42?/m111/s1. The maximum absolute atomic E-state index is 16.0. The van der Waals surface area contributed by atoms with Gasteiger partial charge in [-0.3, -0.25) is 79.4 Å². The fourth-order valence-corrected chi connectivity index (χ4v) is 24.7. The van der Waals surface area contributed by atoms with E-state index in [-0.39, 0.29) is 83.0 Å². The average Bonchev–Trinajstić information content (AvgIpc) is 1.61. The van der Waals surface area contributed by atoms with Gasteiger partial charge in [-0.05, 0) is 77.2 Å². The van der Waals surface area contributed by atoms with Gasteiger partial charge in [0.15, 0.2) is 81.5 Å². The number of rotatable bonds is 6. The van der Waals surface area contributed by atoms with Crippen LogP contribution in [0.4, 0.5) is 39.3 Å². The molecule has 9 aliphatic heterocycles. The summed E-state index contributed by atoms with van der Waals surface area (Å²) in [6.45, 7) is -27.7. The van der Waals surface area contributed by atoms with Gasteiger partial charge >= 0.3 is 40.4 Å². The molecule has 6 bridgehead atoms. The van der Waals surface area contributed by atoms with E-state index in [9.17, 15) is 58.7 Å². The van der Waals surface area contributed by atoms with Crippen molar-refractivity contribution in [2.45, 2.75) is 148 Å². The molecule has 12 unspecified atom stereocenters. The highest BCUT2D eigenvalue weighted by Gasteiger charge is 2.57. The molecule has 0 aliphatic carbocycles. The Kier molecular flexibility index (Phi) is 25.8. The summed E-state index contributed by atoms with van der Waals surface area (Å²) in [5, 5.41) is 33.4. The molecule has 0 radical (unpaired) electrons. The van der Waals surface area contributed by atoms with Crippen molar-refractivity contribution in [3.05, 3.63) is 106 Å². The van der Waals surface area contributed by atoms with E-state index in [0.29, 0.717) is 44.9 Å². The highest BCUT2D eigenvalue weighted by Crippen LogP contribution is 2.61. The first-order valence-corrected chi connectivity index (χ1v) is 54.7. The lowest BCUT2D eigenvalue weighted by atomic mass is 10.1. The number of pyridine rings is 3. The third-order valence-corrected chi connectivity index (χ3v) is 31.5. The lowest BCUT2D eigenvalue weighted by Gasteiger charge is -2.27. The SMILES string of the molecule is Nc1nc2c(ncn2[C@@H]2O[C@@H]3COP(=O)(S)OC4[C@@H](COP(O)(=S)O[C@H]2C3O)O[C@@H](n2cnc3c(N)ccnc32)[C@H]4F)c(=O)[nH]1.Nc1nc2c(ncn2[C@@H]2O[C@@H]3COP(O)(=S)OC4C[C@H](n5cnc6c(N)ccnc65)O[C@@H]4COP(O)(=S)O[C@H]2C3O)c(=O)[nH]1.Nc1nc2c(ncn2[C@@H]2O[C@@H]3COP(O)(=S)OC4C[C@H](n5cnc6c(N)ccnc65)O[C@@H]4COP(O)(=S)O[C@H]2C3O)c(=O)[nH]1. The number of hydrogen-bond donors (Lipinski definition) is 18. The second-order valence-corrected chi connectivity index (χ2v) is 47.4. The first-order valence-electron chi connectivity index (χ1n) is 39.0. The third-order valence-electron chi connectivity index (χ3n) is 22.1. The van der Waals surface area contributed by atoms with Gasteiger partial charge in [-0.25, -0.2) is 53.8 Å². The van der Waals surface area contributed by atoms with Gasteiger partial charge in [0.05, 0.1) is 107 Å². The van der Waals surface area contributed by atoms with Crippen LogP contribution in [0.2, 0.25) is 0 Å². The van der Waals surface area contributed by atoms with Crippen molar-refractivity contribution >= 4 is 214 Å². The molecule has 0 amide bonds. The van der Waals surface area contributed by atoms with Gasteiger partial charge in [-0.1, -0.05) is 12.2 Å². The number of aromatic nitrogens is 21. The van der Waals surface area contributed by atoms with Crippen molar-refractivity contribution in [3.63, 3.8) is 0 Å². The summed E-state index contributed by atoms with van der Waals surface area (Å²) in [5.74, 6) is -0.610. The Morgan fingerprint density at radius 3 is 1.00 bits per heavy atom. The largest absolute Gasteiger partial charge is 0.397 e. The Balaban J connectivity index is 0.000000129. The van der Waals surface area contributed by atoms with Crippen LogP contribution in [0.5, 0.6) is 0 Å². The molecule has 21 heterocycles. The van der Waals surface area contributed by atoms with Gasteiger partial charge in [0.2, 0.25) is 17.8 Å². The van der Waals surface area contributed by atoms with Gasteiger partial charge in [0, 0.05) is 31.4 Å². The van der Waals surface area contributed by atoms with E-state index >= 15 is 4.39 Å². The molecule has 23 N–H and O–H groups in total. The van der Waals surface area contributed by atoms with Crippen LogP contribution in [-0.2, 0) is 146 Å². The lowest BCUT2D eigenvalue weighted by molar-refractivity contribution is -0.0600. The molecule has 9 aliphatic rings. The average molecular weight is 2090 g/mol. The zero-order valence-corrected chi connectivity index (χ0v) is 77.3. The van der Waals surface area contributed by atoms with E-state index in [1.165, 1.54) is 80.9 Å². The Morgan fingerprint density at radius 2 is 0.647 bits per heavy atom. The number of aliphatic hydroxyl groups excluding tert-OH is 3. The molecule has 70 heteroatoms. The van der Waals surface area contributed by atoms with E-state index in [4.69, 9.17) is 176 Å². The van der Waals surface area contributed by atoms with Crippen LogP contribution in [0, 0.1) is 0 Å². The summed E-state index contributed by atoms with van der Waals surface area (Å²) >= 11 is 30.4. The highest BCUT2D eigenvalue weighted by atomic mass is 32.7. The molecule has 0 aromatic carbocycles. The van der Waals surface area contributed by atoms with Crippen molar-refractivity contribution in [2.75, 3.05) is 74.0 Å². The van der Waals surface area contributed by atoms with Crippen molar-refractivity contribution in [1.82, 2.24) is 102 Å². The summed E-state index contributed by atoms with van der Waals surface area (Å²) in [6.07, 6.45) is -14.9. The fraction of sp³-hybridized carbons (Fsp3) is 0.476. The topological polar surface area (TPSA) is 784 Å². The monoisotopic (exact) mass is 2090 g/mol. The molecular formula is C63H74FN27O30P6S6. The lowest BCUT2D eigenvalue weighted by Crippen LogP contribution is -2.35. The molecule has 0 saturated carbocycles. The highest BCUT2D eigenvalue weighted by molar-refractivity contribution is 8.44. The number of nitrogen functional groups attached to an aromatic ring is 6. The van der Waals surface area contributed by atoms with Crippen molar-refractivity contribution in [2.24, 2.45) is 0 Å². The molecule has 21 rings (SSSR count). The quantitative estimate of drug-likeness (QED) is 0.0726. The van der Waals surface area contributed by atoms with Crippen LogP contribution in [0.1, 0.15) is 50.2 Å². The maximum atomic E-state index is 16.0. The number of anilines is 6. The normalized spacial score (nSPS) is 36.9. The second-order valence-electron chi connectivity index (χ2n) is 30.6. The summed E-state index contributed by atoms with van der Waals surface area (Å²) in [5.41, 5.74) is 36.6. The molecule has 133 heavy (non-hydrogen) atoms. The number of H-pyrrole nitrogens is 3. The maximum Gasteiger partial charge on any atom is 0.386 e. The zero-order chi connectivity index (χ0) is 93.8. The molecule has 57 nitrogen and oxygen atoms in total. The smallest absolute Gasteiger partial charge is 0.386 e. The first kappa shape index (κ1) is 94.4. The Hall–Kier alpha value is -7.57.